The van der Waals surface area contributed by atoms with Gasteiger partial charge in [-0.25, -0.2) is 19.0 Å². The Morgan fingerprint density at radius 3 is 2.38 bits per heavy atom. The van der Waals surface area contributed by atoms with E-state index in [1.807, 2.05) is 0 Å². The molecule has 180 valence electrons. The van der Waals surface area contributed by atoms with Gasteiger partial charge in [-0.15, -0.1) is 0 Å². The van der Waals surface area contributed by atoms with Crippen molar-refractivity contribution in [3.63, 3.8) is 0 Å². The molecule has 0 spiro atoms. The summed E-state index contributed by atoms with van der Waals surface area (Å²) in [4.78, 5) is 66.9. The summed E-state index contributed by atoms with van der Waals surface area (Å²) in [6, 6.07) is 2.96. The largest absolute Gasteiger partial charge is 0.480 e. The van der Waals surface area contributed by atoms with E-state index >= 15 is 0 Å². The summed E-state index contributed by atoms with van der Waals surface area (Å²) in [5.74, 6) is -2.13. The zero-order valence-corrected chi connectivity index (χ0v) is 19.1. The highest BCUT2D eigenvalue weighted by Gasteiger charge is 2.39. The Morgan fingerprint density at radius 2 is 1.74 bits per heavy atom. The Balaban J connectivity index is 1.70. The minimum atomic E-state index is -1.27. The molecule has 1 aromatic carbocycles. The number of urea groups is 1. The molecule has 0 saturated carbocycles. The van der Waals surface area contributed by atoms with Crippen molar-refractivity contribution >= 4 is 29.3 Å². The number of anilines is 2. The van der Waals surface area contributed by atoms with Gasteiger partial charge in [0.1, 0.15) is 6.04 Å². The molecule has 1 saturated heterocycles. The van der Waals surface area contributed by atoms with Crippen molar-refractivity contribution in [2.75, 3.05) is 39.0 Å². The molecule has 2 aliphatic heterocycles. The first-order valence-corrected chi connectivity index (χ1v) is 10.4. The number of nitrogens with zero attached hydrogens (tertiary/aromatic N) is 5. The number of carboxylic acids is 1. The summed E-state index contributed by atoms with van der Waals surface area (Å²) < 4.78 is 7.99. The fraction of sp³-hybridized carbons (Fsp3) is 0.381. The van der Waals surface area contributed by atoms with Gasteiger partial charge >= 0.3 is 17.6 Å². The molecule has 1 atom stereocenters. The topological polar surface area (TPSA) is 146 Å². The van der Waals surface area contributed by atoms with Crippen molar-refractivity contribution in [3.8, 4) is 11.5 Å². The molecule has 0 bridgehead atoms. The second-order valence-corrected chi connectivity index (χ2v) is 8.25. The van der Waals surface area contributed by atoms with Crippen LogP contribution in [0.25, 0.3) is 0 Å². The number of carbonyl (C=O) groups excluding carboxylic acids is 2. The number of para-hydroxylation sites is 1. The van der Waals surface area contributed by atoms with Crippen molar-refractivity contribution in [1.82, 2.24) is 24.1 Å². The molecule has 3 amide bonds. The number of carboxylic acid groups (broad SMARTS) is 1. The first-order valence-electron chi connectivity index (χ1n) is 10.4. The molecular weight excluding hydrogens is 448 g/mol. The predicted molar refractivity (Wildman–Crippen MR) is 120 cm³/mol. The Bertz CT molecular complexity index is 1330. The number of nitrogens with one attached hydrogen (secondary N) is 1. The summed E-state index contributed by atoms with van der Waals surface area (Å²) in [5, 5.41) is 12.6. The normalized spacial score (nSPS) is 16.6. The number of hydrogen-bond donors (Lipinski definition) is 2. The zero-order valence-electron chi connectivity index (χ0n) is 19.1. The van der Waals surface area contributed by atoms with Crippen molar-refractivity contribution in [2.24, 2.45) is 14.1 Å². The van der Waals surface area contributed by atoms with Gasteiger partial charge in [-0.2, -0.15) is 0 Å². The molecule has 4 rings (SSSR count). The van der Waals surface area contributed by atoms with Gasteiger partial charge in [-0.3, -0.25) is 14.4 Å². The number of aliphatic carboxylic acids is 1. The Morgan fingerprint density at radius 1 is 1.06 bits per heavy atom. The maximum atomic E-state index is 13.5. The van der Waals surface area contributed by atoms with E-state index in [9.17, 15) is 29.1 Å². The number of ether oxygens (including phenoxy) is 1. The van der Waals surface area contributed by atoms with Crippen LogP contribution >= 0.6 is 0 Å². The molecule has 1 aromatic heterocycles. The van der Waals surface area contributed by atoms with E-state index in [4.69, 9.17) is 4.74 Å². The lowest BCUT2D eigenvalue weighted by Crippen LogP contribution is -2.60. The molecule has 13 nitrogen and oxygen atoms in total. The highest BCUT2D eigenvalue weighted by atomic mass is 16.5. The van der Waals surface area contributed by atoms with Gasteiger partial charge in [0.2, 0.25) is 5.75 Å². The van der Waals surface area contributed by atoms with Crippen LogP contribution in [0.1, 0.15) is 10.4 Å². The average molecular weight is 472 g/mol. The van der Waals surface area contributed by atoms with Crippen LogP contribution in [0.5, 0.6) is 11.5 Å². The van der Waals surface area contributed by atoms with Crippen LogP contribution in [0.2, 0.25) is 0 Å². The fourth-order valence-corrected chi connectivity index (χ4v) is 3.99. The van der Waals surface area contributed by atoms with E-state index in [0.717, 1.165) is 9.36 Å². The molecular formula is C21H24N6O7. The molecule has 2 aliphatic rings. The Kier molecular flexibility index (Phi) is 5.55. The zero-order chi connectivity index (χ0) is 24.9. The van der Waals surface area contributed by atoms with E-state index in [1.54, 1.807) is 26.2 Å². The van der Waals surface area contributed by atoms with Gasteiger partial charge in [-0.05, 0) is 12.1 Å². The molecule has 0 radical (unpaired) electrons. The maximum absolute atomic E-state index is 13.5. The Labute approximate surface area is 193 Å². The van der Waals surface area contributed by atoms with Gasteiger partial charge < -0.3 is 29.9 Å². The number of piperazine rings is 1. The minimum absolute atomic E-state index is 0.00856. The van der Waals surface area contributed by atoms with Crippen LogP contribution in [0.3, 0.4) is 0 Å². The third-order valence-corrected chi connectivity index (χ3v) is 5.96. The summed E-state index contributed by atoms with van der Waals surface area (Å²) in [6.45, 7) is -0.0307. The molecule has 34 heavy (non-hydrogen) atoms. The van der Waals surface area contributed by atoms with Crippen LogP contribution < -0.4 is 21.2 Å². The molecule has 2 aromatic rings. The van der Waals surface area contributed by atoms with Crippen LogP contribution in [-0.2, 0) is 18.9 Å². The van der Waals surface area contributed by atoms with Crippen molar-refractivity contribution < 1.29 is 24.2 Å². The number of amides is 3. The number of fused-ring (bicyclic) bond motifs is 2. The quantitative estimate of drug-likeness (QED) is 0.523. The number of rotatable bonds is 2. The second kappa shape index (κ2) is 8.24. The third kappa shape index (κ3) is 3.54. The number of hydrogen-bond acceptors (Lipinski definition) is 7. The maximum Gasteiger partial charge on any atom is 0.328 e. The predicted octanol–water partition coefficient (Wildman–Crippen LogP) is -0.174. The number of benzene rings is 1. The van der Waals surface area contributed by atoms with E-state index in [1.165, 1.54) is 34.9 Å². The summed E-state index contributed by atoms with van der Waals surface area (Å²) in [5.41, 5.74) is -0.820. The molecule has 1 unspecified atom stereocenters. The lowest BCUT2D eigenvalue weighted by atomic mass is 10.1. The minimum Gasteiger partial charge on any atom is -0.480 e. The van der Waals surface area contributed by atoms with Gasteiger partial charge in [0.25, 0.3) is 11.5 Å². The lowest BCUT2D eigenvalue weighted by Gasteiger charge is -2.40. The fourth-order valence-electron chi connectivity index (χ4n) is 3.99. The second-order valence-electron chi connectivity index (χ2n) is 8.25. The lowest BCUT2D eigenvalue weighted by molar-refractivity contribution is -0.144. The first-order chi connectivity index (χ1) is 16.0. The summed E-state index contributed by atoms with van der Waals surface area (Å²) >= 11 is 0. The van der Waals surface area contributed by atoms with Gasteiger partial charge in [0.15, 0.2) is 11.4 Å². The molecule has 3 heterocycles. The van der Waals surface area contributed by atoms with Crippen LogP contribution in [0.15, 0.2) is 27.8 Å². The van der Waals surface area contributed by atoms with Gasteiger partial charge in [-0.1, -0.05) is 6.07 Å². The van der Waals surface area contributed by atoms with Crippen molar-refractivity contribution in [1.29, 1.82) is 0 Å². The van der Waals surface area contributed by atoms with Gasteiger partial charge in [0.05, 0.1) is 17.8 Å². The first kappa shape index (κ1) is 22.9. The Hall–Kier alpha value is -4.29. The van der Waals surface area contributed by atoms with E-state index < -0.39 is 29.0 Å². The van der Waals surface area contributed by atoms with Crippen molar-refractivity contribution in [3.05, 3.63) is 44.5 Å². The third-order valence-electron chi connectivity index (χ3n) is 5.96. The highest BCUT2D eigenvalue weighted by Crippen LogP contribution is 2.41. The molecule has 13 heteroatoms. The SMILES string of the molecule is CN(C)C(=O)N1CCN(C(=O)c2cccc3c2Oc2c(c(=O)n(C)n(C)c2=O)N3)C(C(=O)O)C1. The van der Waals surface area contributed by atoms with Crippen LogP contribution in [0, 0.1) is 0 Å². The smallest absolute Gasteiger partial charge is 0.328 e. The summed E-state index contributed by atoms with van der Waals surface area (Å²) in [6.07, 6.45) is 0. The van der Waals surface area contributed by atoms with E-state index in [2.05, 4.69) is 5.32 Å². The van der Waals surface area contributed by atoms with Crippen molar-refractivity contribution in [2.45, 2.75) is 6.04 Å². The molecule has 0 aliphatic carbocycles. The van der Waals surface area contributed by atoms with E-state index in [-0.39, 0.29) is 54.1 Å². The van der Waals surface area contributed by atoms with Crippen LogP contribution in [-0.4, -0.2) is 86.8 Å². The van der Waals surface area contributed by atoms with Gasteiger partial charge in [0, 0.05) is 41.3 Å². The highest BCUT2D eigenvalue weighted by molar-refractivity contribution is 6.02. The number of aromatic nitrogens is 2. The average Bonchev–Trinajstić information content (AvgIpc) is 2.83. The monoisotopic (exact) mass is 472 g/mol. The van der Waals surface area contributed by atoms with E-state index in [0.29, 0.717) is 0 Å². The standard InChI is InChI=1S/C21H24N6O7/c1-23(2)21(33)26-8-9-27(13(10-26)20(31)32)17(28)11-6-5-7-12-15(11)34-16-14(22-12)18(29)24(3)25(4)19(16)30/h5-7,13,22H,8-10H2,1-4H3,(H,31,32). The summed E-state index contributed by atoms with van der Waals surface area (Å²) in [7, 11) is 5.97. The number of carbonyl (C=O) groups is 3. The van der Waals surface area contributed by atoms with Crippen LogP contribution in [0.4, 0.5) is 16.2 Å². The molecule has 1 fully saturated rings. The molecule has 2 N–H and O–H groups in total.